The van der Waals surface area contributed by atoms with Crippen molar-refractivity contribution in [2.45, 2.75) is 63.0 Å². The van der Waals surface area contributed by atoms with Gasteiger partial charge in [0.2, 0.25) is 12.3 Å². The molecule has 1 aromatic heterocycles. The third-order valence-corrected chi connectivity index (χ3v) is 10.8. The number of methoxy groups -OCH3 is 1. The molecule has 0 bridgehead atoms. The van der Waals surface area contributed by atoms with Crippen LogP contribution in [-0.4, -0.2) is 96.9 Å². The molecule has 324 valence electrons. The largest absolute Gasteiger partial charge is 0.467 e. The van der Waals surface area contributed by atoms with E-state index in [4.69, 9.17) is 9.47 Å². The minimum Gasteiger partial charge on any atom is -0.467 e. The van der Waals surface area contributed by atoms with Gasteiger partial charge in [0.1, 0.15) is 23.3 Å². The van der Waals surface area contributed by atoms with E-state index in [0.717, 1.165) is 31.2 Å². The van der Waals surface area contributed by atoms with E-state index in [1.807, 2.05) is 0 Å². The van der Waals surface area contributed by atoms with Crippen LogP contribution in [0.3, 0.4) is 0 Å². The number of hydrogen-bond donors (Lipinski definition) is 3. The van der Waals surface area contributed by atoms with Crippen LogP contribution in [-0.2, 0) is 23.9 Å². The number of anilines is 3. The van der Waals surface area contributed by atoms with E-state index < -0.39 is 46.8 Å². The normalized spacial score (nSPS) is 15.8. The second-order valence-corrected chi connectivity index (χ2v) is 16.4. The maximum Gasteiger partial charge on any atom is 0.410 e. The number of aromatic nitrogens is 1. The van der Waals surface area contributed by atoms with Gasteiger partial charge in [-0.15, -0.1) is 0 Å². The van der Waals surface area contributed by atoms with Crippen molar-refractivity contribution in [2.24, 2.45) is 11.8 Å². The summed E-state index contributed by atoms with van der Waals surface area (Å²) in [5.74, 6) is -4.86. The summed E-state index contributed by atoms with van der Waals surface area (Å²) in [4.78, 5) is 84.8. The first-order chi connectivity index (χ1) is 29.0. The SMILES string of the molecule is COC(=O)C(CC1C=CC(N(C)C(=O)c2ccncc2N(C)C=O)=CC1)NC(=O)c1cc(F)c(NSc2ccc(NC(=O)C3CCN(C(=O)OC(C)(C)C)CC3)cc2)cc1F. The van der Waals surface area contributed by atoms with Gasteiger partial charge in [-0.25, -0.2) is 18.4 Å². The van der Waals surface area contributed by atoms with Gasteiger partial charge in [-0.2, -0.15) is 0 Å². The molecule has 0 radical (unpaired) electrons. The van der Waals surface area contributed by atoms with E-state index in [1.54, 1.807) is 75.2 Å². The van der Waals surface area contributed by atoms with Gasteiger partial charge in [-0.05, 0) is 107 Å². The molecule has 5 rings (SSSR count). The Morgan fingerprint density at radius 1 is 1.02 bits per heavy atom. The zero-order valence-electron chi connectivity index (χ0n) is 34.7. The number of halogens is 2. The van der Waals surface area contributed by atoms with Crippen LogP contribution < -0.4 is 20.3 Å². The molecule has 1 aliphatic carbocycles. The first kappa shape index (κ1) is 45.8. The summed E-state index contributed by atoms with van der Waals surface area (Å²) < 4.78 is 43.6. The van der Waals surface area contributed by atoms with Crippen molar-refractivity contribution in [1.82, 2.24) is 20.1 Å². The highest BCUT2D eigenvalue weighted by molar-refractivity contribution is 8.00. The van der Waals surface area contributed by atoms with Gasteiger partial charge in [-0.1, -0.05) is 12.2 Å². The summed E-state index contributed by atoms with van der Waals surface area (Å²) in [6, 6.07) is 8.60. The standard InChI is InChI=1S/C43H49F2N7O8S/c1-43(2,3)60-42(58)52-19-16-27(17-20-52)38(54)47-28-9-13-30(14-10-28)61-49-35-23-33(44)32(22-34(35)45)39(55)48-36(41(57)59-6)21-26-7-11-29(12-8-26)51(5)40(56)31-15-18-46-24-37(31)50(4)25-53/h7,9-15,18,22-27,36,49H,8,16-17,19-21H2,1-6H3,(H,47,54)(H,48,55). The van der Waals surface area contributed by atoms with Gasteiger partial charge in [0.25, 0.3) is 11.8 Å². The molecule has 2 unspecified atom stereocenters. The van der Waals surface area contributed by atoms with Crippen LogP contribution in [0.25, 0.3) is 0 Å². The van der Waals surface area contributed by atoms with Crippen molar-refractivity contribution in [2.75, 3.05) is 49.2 Å². The zero-order valence-corrected chi connectivity index (χ0v) is 35.5. The molecule has 1 fully saturated rings. The maximum atomic E-state index is 15.3. The average Bonchev–Trinajstić information content (AvgIpc) is 3.25. The molecule has 2 atom stereocenters. The molecule has 0 saturated carbocycles. The number of hydrogen-bond acceptors (Lipinski definition) is 11. The third kappa shape index (κ3) is 12.1. The lowest BCUT2D eigenvalue weighted by Crippen LogP contribution is -2.43. The van der Waals surface area contributed by atoms with Crippen molar-refractivity contribution >= 4 is 65.2 Å². The minimum absolute atomic E-state index is 0.0625. The van der Waals surface area contributed by atoms with Crippen LogP contribution in [0.2, 0.25) is 0 Å². The fourth-order valence-electron chi connectivity index (χ4n) is 6.59. The molecular weight excluding hydrogens is 813 g/mol. The van der Waals surface area contributed by atoms with Crippen molar-refractivity contribution < 1.29 is 47.0 Å². The summed E-state index contributed by atoms with van der Waals surface area (Å²) >= 11 is 0.984. The number of carbonyl (C=O) groups is 6. The van der Waals surface area contributed by atoms with Crippen LogP contribution in [0.5, 0.6) is 0 Å². The van der Waals surface area contributed by atoms with Crippen LogP contribution >= 0.6 is 11.9 Å². The Morgan fingerprint density at radius 3 is 2.34 bits per heavy atom. The zero-order chi connectivity index (χ0) is 44.4. The Bertz CT molecular complexity index is 2190. The molecule has 2 aromatic carbocycles. The van der Waals surface area contributed by atoms with Gasteiger partial charge < -0.3 is 39.5 Å². The Balaban J connectivity index is 1.12. The van der Waals surface area contributed by atoms with Gasteiger partial charge in [0, 0.05) is 61.6 Å². The molecule has 3 N–H and O–H groups in total. The summed E-state index contributed by atoms with van der Waals surface area (Å²) in [6.07, 6.45) is 9.73. The Kier molecular flexibility index (Phi) is 15.2. The number of carbonyl (C=O) groups excluding carboxylic acids is 6. The fraction of sp³-hybridized carbons (Fsp3) is 0.372. The number of rotatable bonds is 14. The second-order valence-electron chi connectivity index (χ2n) is 15.5. The van der Waals surface area contributed by atoms with Crippen molar-refractivity contribution in [3.05, 3.63) is 102 Å². The number of nitrogens with zero attached hydrogens (tertiary/aromatic N) is 4. The highest BCUT2D eigenvalue weighted by Crippen LogP contribution is 2.29. The average molecular weight is 862 g/mol. The summed E-state index contributed by atoms with van der Waals surface area (Å²) in [6.45, 7) is 6.22. The van der Waals surface area contributed by atoms with Crippen LogP contribution in [0.4, 0.5) is 30.6 Å². The summed E-state index contributed by atoms with van der Waals surface area (Å²) in [7, 11) is 4.24. The third-order valence-electron chi connectivity index (χ3n) is 9.98. The molecule has 1 aliphatic heterocycles. The van der Waals surface area contributed by atoms with E-state index in [9.17, 15) is 28.8 Å². The fourth-order valence-corrected chi connectivity index (χ4v) is 7.25. The number of likely N-dealkylation sites (N-methyl/N-ethyl adjacent to an activating group) is 1. The molecule has 0 spiro atoms. The number of esters is 1. The first-order valence-corrected chi connectivity index (χ1v) is 20.3. The van der Waals surface area contributed by atoms with Crippen LogP contribution in [0, 0.1) is 23.5 Å². The monoisotopic (exact) mass is 861 g/mol. The van der Waals surface area contributed by atoms with E-state index >= 15 is 8.78 Å². The van der Waals surface area contributed by atoms with E-state index in [0.29, 0.717) is 60.7 Å². The smallest absolute Gasteiger partial charge is 0.410 e. The molecule has 5 amide bonds. The lowest BCUT2D eigenvalue weighted by atomic mass is 9.91. The number of allylic oxidation sites excluding steroid dienone is 3. The van der Waals surface area contributed by atoms with E-state index in [-0.39, 0.29) is 41.3 Å². The number of pyridine rings is 1. The predicted molar refractivity (Wildman–Crippen MR) is 225 cm³/mol. The van der Waals surface area contributed by atoms with Gasteiger partial charge in [0.05, 0.1) is 35.8 Å². The lowest BCUT2D eigenvalue weighted by Gasteiger charge is -2.32. The molecule has 18 heteroatoms. The lowest BCUT2D eigenvalue weighted by molar-refractivity contribution is -0.143. The topological polar surface area (TPSA) is 180 Å². The van der Waals surface area contributed by atoms with Gasteiger partial charge in [-0.3, -0.25) is 24.2 Å². The second kappa shape index (κ2) is 20.3. The maximum absolute atomic E-state index is 15.3. The predicted octanol–water partition coefficient (Wildman–Crippen LogP) is 6.55. The number of benzene rings is 2. The summed E-state index contributed by atoms with van der Waals surface area (Å²) in [5, 5.41) is 5.36. The summed E-state index contributed by atoms with van der Waals surface area (Å²) in [5.41, 5.74) is 0.266. The molecule has 1 saturated heterocycles. The van der Waals surface area contributed by atoms with Gasteiger partial charge >= 0.3 is 12.1 Å². The Hall–Kier alpha value is -6.30. The quantitative estimate of drug-likeness (QED) is 0.0909. The number of likely N-dealkylation sites (tertiary alicyclic amines) is 1. The molecule has 15 nitrogen and oxygen atoms in total. The van der Waals surface area contributed by atoms with Crippen LogP contribution in [0.15, 0.2) is 83.7 Å². The number of amides is 5. The van der Waals surface area contributed by atoms with E-state index in [2.05, 4.69) is 20.3 Å². The Morgan fingerprint density at radius 2 is 1.72 bits per heavy atom. The molecular formula is C43H49F2N7O8S. The van der Waals surface area contributed by atoms with Crippen molar-refractivity contribution in [1.29, 1.82) is 0 Å². The molecule has 3 aromatic rings. The van der Waals surface area contributed by atoms with Gasteiger partial charge in [0.15, 0.2) is 0 Å². The minimum atomic E-state index is -1.21. The first-order valence-electron chi connectivity index (χ1n) is 19.5. The number of nitrogens with one attached hydrogen (secondary N) is 3. The van der Waals surface area contributed by atoms with Crippen molar-refractivity contribution in [3.63, 3.8) is 0 Å². The number of piperidine rings is 1. The van der Waals surface area contributed by atoms with E-state index in [1.165, 1.54) is 35.3 Å². The highest BCUT2D eigenvalue weighted by Gasteiger charge is 2.31. The van der Waals surface area contributed by atoms with Crippen LogP contribution in [0.1, 0.15) is 67.2 Å². The highest BCUT2D eigenvalue weighted by atomic mass is 32.2. The number of ether oxygens (including phenoxy) is 2. The molecule has 61 heavy (non-hydrogen) atoms. The van der Waals surface area contributed by atoms with Crippen molar-refractivity contribution in [3.8, 4) is 0 Å². The molecule has 2 aliphatic rings. The Labute approximate surface area is 357 Å². The molecule has 2 heterocycles.